The number of benzene rings is 1. The van der Waals surface area contributed by atoms with E-state index in [9.17, 15) is 0 Å². The van der Waals surface area contributed by atoms with Crippen molar-refractivity contribution in [2.75, 3.05) is 0 Å². The highest BCUT2D eigenvalue weighted by Crippen LogP contribution is 2.27. The molecule has 3 heterocycles. The van der Waals surface area contributed by atoms with Crippen molar-refractivity contribution in [2.45, 2.75) is 0 Å². The lowest BCUT2D eigenvalue weighted by molar-refractivity contribution is 0.953. The number of halogens is 2. The highest BCUT2D eigenvalue weighted by Gasteiger charge is 2.14. The molecule has 0 aliphatic rings. The van der Waals surface area contributed by atoms with Gasteiger partial charge in [0.2, 0.25) is 0 Å². The number of aryl methyl sites for hydroxylation is 1. The van der Waals surface area contributed by atoms with Crippen LogP contribution in [0, 0.1) is 0 Å². The maximum Gasteiger partial charge on any atom is 0.161 e. The number of hydrogen-bond acceptors (Lipinski definition) is 2. The van der Waals surface area contributed by atoms with Crippen LogP contribution in [0.3, 0.4) is 0 Å². The van der Waals surface area contributed by atoms with Crippen LogP contribution >= 0.6 is 23.2 Å². The zero-order chi connectivity index (χ0) is 14.6. The highest BCUT2D eigenvalue weighted by molar-refractivity contribution is 6.36. The summed E-state index contributed by atoms with van der Waals surface area (Å²) in [6.45, 7) is 0. The van der Waals surface area contributed by atoms with Gasteiger partial charge in [-0.2, -0.15) is 0 Å². The van der Waals surface area contributed by atoms with Gasteiger partial charge in [0.15, 0.2) is 11.5 Å². The third-order valence-electron chi connectivity index (χ3n) is 3.49. The van der Waals surface area contributed by atoms with E-state index in [4.69, 9.17) is 23.2 Å². The van der Waals surface area contributed by atoms with Gasteiger partial charge in [-0.05, 0) is 18.2 Å². The van der Waals surface area contributed by atoms with E-state index in [-0.39, 0.29) is 0 Å². The second-order valence-corrected chi connectivity index (χ2v) is 5.69. The Bertz CT molecular complexity index is 984. The van der Waals surface area contributed by atoms with Gasteiger partial charge in [-0.15, -0.1) is 0 Å². The molecule has 104 valence electrons. The Hall–Kier alpha value is -2.04. The van der Waals surface area contributed by atoms with Gasteiger partial charge in [0.25, 0.3) is 0 Å². The number of hydrogen-bond donors (Lipinski definition) is 0. The molecule has 0 spiro atoms. The van der Waals surface area contributed by atoms with Gasteiger partial charge >= 0.3 is 0 Å². The SMILES string of the molecule is Cn1c(-c2cn3cc(Cl)cc(Cl)c3n2)nc2ccccc21. The van der Waals surface area contributed by atoms with Crippen LogP contribution in [-0.4, -0.2) is 18.9 Å². The summed E-state index contributed by atoms with van der Waals surface area (Å²) in [5, 5.41) is 1.09. The van der Waals surface area contributed by atoms with Crippen molar-refractivity contribution in [1.29, 1.82) is 0 Å². The fourth-order valence-corrected chi connectivity index (χ4v) is 3.03. The van der Waals surface area contributed by atoms with Gasteiger partial charge in [-0.1, -0.05) is 35.3 Å². The lowest BCUT2D eigenvalue weighted by Crippen LogP contribution is -1.92. The Kier molecular flexibility index (Phi) is 2.71. The molecule has 4 rings (SSSR count). The molecule has 0 fully saturated rings. The largest absolute Gasteiger partial charge is 0.326 e. The van der Waals surface area contributed by atoms with E-state index < -0.39 is 0 Å². The molecule has 0 atom stereocenters. The summed E-state index contributed by atoms with van der Waals surface area (Å²) < 4.78 is 3.84. The topological polar surface area (TPSA) is 35.1 Å². The Morgan fingerprint density at radius 3 is 2.67 bits per heavy atom. The second kappa shape index (κ2) is 4.48. The molecule has 0 aliphatic carbocycles. The van der Waals surface area contributed by atoms with Gasteiger partial charge in [0.1, 0.15) is 5.69 Å². The van der Waals surface area contributed by atoms with Gasteiger partial charge in [0, 0.05) is 19.4 Å². The summed E-state index contributed by atoms with van der Waals surface area (Å²) in [6.07, 6.45) is 3.66. The molecular weight excluding hydrogens is 307 g/mol. The lowest BCUT2D eigenvalue weighted by atomic mass is 10.3. The van der Waals surface area contributed by atoms with Crippen LogP contribution in [0.25, 0.3) is 28.2 Å². The first kappa shape index (κ1) is 12.7. The molecule has 0 bridgehead atoms. The first-order chi connectivity index (χ1) is 10.1. The smallest absolute Gasteiger partial charge is 0.161 e. The van der Waals surface area contributed by atoms with Crippen molar-refractivity contribution in [2.24, 2.45) is 7.05 Å². The molecule has 4 aromatic rings. The number of fused-ring (bicyclic) bond motifs is 2. The van der Waals surface area contributed by atoms with Crippen molar-refractivity contribution in [3.8, 4) is 11.5 Å². The summed E-state index contributed by atoms with van der Waals surface area (Å²) >= 11 is 12.2. The van der Waals surface area contributed by atoms with E-state index in [0.29, 0.717) is 15.7 Å². The van der Waals surface area contributed by atoms with Gasteiger partial charge < -0.3 is 8.97 Å². The van der Waals surface area contributed by atoms with Gasteiger partial charge in [0.05, 0.1) is 21.1 Å². The zero-order valence-corrected chi connectivity index (χ0v) is 12.6. The monoisotopic (exact) mass is 316 g/mol. The molecule has 4 nitrogen and oxygen atoms in total. The number of para-hydroxylation sites is 2. The maximum atomic E-state index is 6.19. The first-order valence-corrected chi connectivity index (χ1v) is 7.14. The van der Waals surface area contributed by atoms with Crippen molar-refractivity contribution < 1.29 is 0 Å². The summed E-state index contributed by atoms with van der Waals surface area (Å²) in [6, 6.07) is 9.67. The molecule has 0 saturated heterocycles. The fraction of sp³-hybridized carbons (Fsp3) is 0.0667. The van der Waals surface area contributed by atoms with Crippen molar-refractivity contribution in [1.82, 2.24) is 18.9 Å². The molecule has 0 amide bonds. The predicted molar refractivity (Wildman–Crippen MR) is 84.9 cm³/mol. The summed E-state index contributed by atoms with van der Waals surface area (Å²) in [5.74, 6) is 0.798. The van der Waals surface area contributed by atoms with E-state index in [1.54, 1.807) is 12.3 Å². The maximum absolute atomic E-state index is 6.19. The molecule has 21 heavy (non-hydrogen) atoms. The van der Waals surface area contributed by atoms with Crippen LogP contribution < -0.4 is 0 Å². The number of imidazole rings is 2. The third kappa shape index (κ3) is 1.91. The summed E-state index contributed by atoms with van der Waals surface area (Å²) in [5.41, 5.74) is 3.44. The van der Waals surface area contributed by atoms with Crippen LogP contribution in [-0.2, 0) is 7.05 Å². The minimum atomic E-state index is 0.521. The van der Waals surface area contributed by atoms with Gasteiger partial charge in [-0.25, -0.2) is 9.97 Å². The van der Waals surface area contributed by atoms with Gasteiger partial charge in [-0.3, -0.25) is 0 Å². The van der Waals surface area contributed by atoms with E-state index in [1.807, 2.05) is 46.5 Å². The van der Waals surface area contributed by atoms with E-state index in [0.717, 1.165) is 22.6 Å². The number of pyridine rings is 1. The van der Waals surface area contributed by atoms with Crippen LogP contribution in [0.5, 0.6) is 0 Å². The van der Waals surface area contributed by atoms with Crippen LogP contribution in [0.4, 0.5) is 0 Å². The zero-order valence-electron chi connectivity index (χ0n) is 11.1. The quantitative estimate of drug-likeness (QED) is 0.527. The Labute approximate surface area is 130 Å². The molecule has 3 aromatic heterocycles. The van der Waals surface area contributed by atoms with Crippen LogP contribution in [0.1, 0.15) is 0 Å². The van der Waals surface area contributed by atoms with Crippen molar-refractivity contribution >= 4 is 39.9 Å². The Morgan fingerprint density at radius 1 is 1.05 bits per heavy atom. The Balaban J connectivity index is 2.00. The molecule has 0 saturated carbocycles. The highest BCUT2D eigenvalue weighted by atomic mass is 35.5. The number of nitrogens with zero attached hydrogens (tertiary/aromatic N) is 4. The number of aromatic nitrogens is 4. The molecule has 0 aliphatic heterocycles. The molecule has 1 aromatic carbocycles. The van der Waals surface area contributed by atoms with E-state index in [2.05, 4.69) is 9.97 Å². The average molecular weight is 317 g/mol. The van der Waals surface area contributed by atoms with Crippen LogP contribution in [0.2, 0.25) is 10.0 Å². The molecule has 0 unspecified atom stereocenters. The number of rotatable bonds is 1. The summed E-state index contributed by atoms with van der Waals surface area (Å²) in [4.78, 5) is 9.21. The molecule has 0 N–H and O–H groups in total. The molecule has 0 radical (unpaired) electrons. The Morgan fingerprint density at radius 2 is 1.86 bits per heavy atom. The molecular formula is C15H10Cl2N4. The fourth-order valence-electron chi connectivity index (χ4n) is 2.51. The minimum absolute atomic E-state index is 0.521. The van der Waals surface area contributed by atoms with Crippen molar-refractivity contribution in [3.05, 3.63) is 52.8 Å². The summed E-state index contributed by atoms with van der Waals surface area (Å²) in [7, 11) is 1.98. The van der Waals surface area contributed by atoms with Crippen molar-refractivity contribution in [3.63, 3.8) is 0 Å². The van der Waals surface area contributed by atoms with E-state index >= 15 is 0 Å². The molecule has 6 heteroatoms. The predicted octanol–water partition coefficient (Wildman–Crippen LogP) is 4.19. The standard InChI is InChI=1S/C15H10Cl2N4/c1-20-13-5-3-2-4-11(13)18-15(20)12-8-21-7-9(16)6-10(17)14(21)19-12/h2-8H,1H3. The normalized spacial score (nSPS) is 11.6. The minimum Gasteiger partial charge on any atom is -0.326 e. The average Bonchev–Trinajstić information content (AvgIpc) is 3.01. The van der Waals surface area contributed by atoms with E-state index in [1.165, 1.54) is 0 Å². The lowest BCUT2D eigenvalue weighted by Gasteiger charge is -1.97. The third-order valence-corrected chi connectivity index (χ3v) is 3.97. The second-order valence-electron chi connectivity index (χ2n) is 4.85. The first-order valence-electron chi connectivity index (χ1n) is 6.39. The van der Waals surface area contributed by atoms with Crippen LogP contribution in [0.15, 0.2) is 42.7 Å².